The molecule has 7 rings (SSSR count). The molecule has 0 amide bonds. The predicted octanol–water partition coefficient (Wildman–Crippen LogP) is -9.92. The number of hydrogen-bond donors (Lipinski definition) is 2. The number of carboxylic acid groups (broad SMARTS) is 4. The van der Waals surface area contributed by atoms with E-state index in [2.05, 4.69) is 50.7 Å². The second kappa shape index (κ2) is 23.9. The number of anilines is 2. The van der Waals surface area contributed by atoms with Gasteiger partial charge in [0.05, 0.1) is 53.2 Å². The van der Waals surface area contributed by atoms with Gasteiger partial charge < -0.3 is 51.1 Å². The number of nitriles is 1. The van der Waals surface area contributed by atoms with E-state index in [0.29, 0.717) is 5.56 Å². The first-order valence-corrected chi connectivity index (χ1v) is 21.1. The van der Waals surface area contributed by atoms with E-state index in [-0.39, 0.29) is 166 Å². The molecule has 31 heteroatoms. The molecule has 25 nitrogen and oxygen atoms in total. The molecule has 0 atom stereocenters. The van der Waals surface area contributed by atoms with E-state index in [1.165, 1.54) is 9.36 Å². The molecular formula is C40H27Li4N17O8S2. The van der Waals surface area contributed by atoms with Gasteiger partial charge in [-0.1, -0.05) is 0 Å². The number of benzene rings is 2. The molecule has 4 N–H and O–H groups in total. The average molecular weight is 966 g/mol. The molecule has 0 spiro atoms. The Hall–Kier alpha value is -6.82. The minimum Gasteiger partial charge on any atom is -0.545 e. The van der Waals surface area contributed by atoms with Gasteiger partial charge in [-0.15, -0.1) is 44.0 Å². The summed E-state index contributed by atoms with van der Waals surface area (Å²) in [6, 6.07) is 11.3. The molecule has 71 heavy (non-hydrogen) atoms. The van der Waals surface area contributed by atoms with Crippen LogP contribution in [0.4, 0.5) is 40.3 Å². The summed E-state index contributed by atoms with van der Waals surface area (Å²) in [7, 11) is 0. The van der Waals surface area contributed by atoms with Crippen LogP contribution in [0.15, 0.2) is 79.0 Å². The van der Waals surface area contributed by atoms with Gasteiger partial charge in [0.25, 0.3) is 5.69 Å². The topological polar surface area (TPSA) is 374 Å². The number of carbonyl (C=O) groups is 4. The molecule has 0 bridgehead atoms. The molecule has 0 aliphatic rings. The van der Waals surface area contributed by atoms with E-state index in [1.54, 1.807) is 45.4 Å². The number of rotatable bonds is 14. The van der Waals surface area contributed by atoms with Crippen LogP contribution in [0.25, 0.3) is 27.9 Å². The summed E-state index contributed by atoms with van der Waals surface area (Å²) < 4.78 is 4.63. The molecule has 0 aliphatic carbocycles. The number of nitrogens with two attached hydrogens (primary N) is 2. The quantitative estimate of drug-likeness (QED) is 0.0442. The Kier molecular flexibility index (Phi) is 19.7. The largest absolute Gasteiger partial charge is 1.00 e. The second-order valence-corrected chi connectivity index (χ2v) is 15.4. The van der Waals surface area contributed by atoms with E-state index < -0.39 is 46.1 Å². The van der Waals surface area contributed by atoms with Gasteiger partial charge in [0.2, 0.25) is 0 Å². The zero-order chi connectivity index (χ0) is 48.6. The zero-order valence-electron chi connectivity index (χ0n) is 39.1. The molecule has 7 aromatic rings. The van der Waals surface area contributed by atoms with Crippen LogP contribution < -0.4 is 107 Å². The summed E-state index contributed by atoms with van der Waals surface area (Å²) in [6.07, 6.45) is 3.27. The summed E-state index contributed by atoms with van der Waals surface area (Å²) in [5.41, 5.74) is 12.1. The smallest absolute Gasteiger partial charge is 0.545 e. The number of nitrogens with zero attached hydrogens (tertiary/aromatic N) is 15. The minimum absolute atomic E-state index is 0. The Morgan fingerprint density at radius 3 is 1.35 bits per heavy atom. The molecule has 0 radical (unpaired) electrons. The van der Waals surface area contributed by atoms with E-state index in [4.69, 9.17) is 18.0 Å². The van der Waals surface area contributed by atoms with Crippen LogP contribution in [0.1, 0.15) is 63.9 Å². The van der Waals surface area contributed by atoms with Crippen molar-refractivity contribution in [2.45, 2.75) is 30.8 Å². The molecule has 0 unspecified atom stereocenters. The van der Waals surface area contributed by atoms with E-state index in [0.717, 1.165) is 69.3 Å². The van der Waals surface area contributed by atoms with Crippen LogP contribution in [0.5, 0.6) is 0 Å². The summed E-state index contributed by atoms with van der Waals surface area (Å²) in [5.74, 6) is -6.86. The van der Waals surface area contributed by atoms with Crippen molar-refractivity contribution in [1.29, 1.82) is 5.26 Å². The molecular weight excluding hydrogens is 938 g/mol. The monoisotopic (exact) mass is 965 g/mol. The van der Waals surface area contributed by atoms with Crippen molar-refractivity contribution >= 4 is 87.7 Å². The van der Waals surface area contributed by atoms with Crippen LogP contribution in [-0.2, 0) is 0 Å². The number of thioether (sulfide) groups is 2. The summed E-state index contributed by atoms with van der Waals surface area (Å²) >= 11 is 2.15. The molecule has 5 heterocycles. The first-order valence-electron chi connectivity index (χ1n) is 18.7. The fourth-order valence-electron chi connectivity index (χ4n) is 6.44. The van der Waals surface area contributed by atoms with Gasteiger partial charge in [0, 0.05) is 0 Å². The standard InChI is InChI=1S/C40H31N17O8S2.4Li/c1-16-7-26(56-31(42)28(17(2)50-56)46-48-33-25(15-41)35(66-5)52-54(33)23-11-19(37(58)59)9-20(12-23)38(60)61)45-27(8-16)57-32(43)29(18(3)51-57)47-49-34-30(44-4)36(67-6)53-55(34)24-13-21(39(62)63)10-22(14-24)40(64)65;;;;/h7-14H,42-43H2,1-3,5-6H3,(H,58,59)(H,60,61)(H,62,63)(H,64,65);;;;/q;4*+1/p-4. The number of pyridine rings is 1. The molecule has 5 aromatic heterocycles. The van der Waals surface area contributed by atoms with Crippen molar-refractivity contribution in [3.8, 4) is 29.1 Å². The SMILES string of the molecule is [C-]#[N+]c1c(SC)nn(-c2cc(C(=O)[O-])cc(C(=O)[O-])c2)c1N=Nc1c(C)nn(-c2cc(C)cc(-n3nc(C)c(N=Nc4c(C#N)c(SC)nn4-c4cc(C(=O)[O-])cc(C(=O)[O-])c4)c3N)n2)c1N.[Li+].[Li+].[Li+].[Li+]. The third-order valence-corrected chi connectivity index (χ3v) is 10.8. The van der Waals surface area contributed by atoms with Crippen LogP contribution in [0, 0.1) is 38.7 Å². The van der Waals surface area contributed by atoms with E-state index >= 15 is 0 Å². The summed E-state index contributed by atoms with van der Waals surface area (Å²) in [4.78, 5) is 55.2. The Bertz CT molecular complexity index is 3150. The van der Waals surface area contributed by atoms with Crippen molar-refractivity contribution in [1.82, 2.24) is 44.1 Å². The van der Waals surface area contributed by atoms with Gasteiger partial charge in [-0.3, -0.25) is 0 Å². The fraction of sp³-hybridized carbons (Fsp3) is 0.125. The number of aromatic carboxylic acids is 4. The van der Waals surface area contributed by atoms with Gasteiger partial charge in [-0.05, 0) is 110 Å². The Balaban J connectivity index is 0.00000333. The average Bonchev–Trinajstić information content (AvgIpc) is 4.02. The number of nitrogen functional groups attached to an aromatic ring is 2. The maximum atomic E-state index is 11.8. The molecule has 336 valence electrons. The molecule has 0 fully saturated rings. The normalized spacial score (nSPS) is 10.7. The van der Waals surface area contributed by atoms with Crippen LogP contribution in [0.2, 0.25) is 0 Å². The van der Waals surface area contributed by atoms with Gasteiger partial charge in [-0.2, -0.15) is 35.0 Å². The van der Waals surface area contributed by atoms with Gasteiger partial charge >= 0.3 is 75.4 Å². The minimum atomic E-state index is -1.67. The van der Waals surface area contributed by atoms with Crippen molar-refractivity contribution < 1.29 is 115 Å². The first kappa shape index (κ1) is 58.5. The summed E-state index contributed by atoms with van der Waals surface area (Å²) in [6.45, 7) is 12.7. The van der Waals surface area contributed by atoms with Crippen molar-refractivity contribution in [2.75, 3.05) is 24.0 Å². The van der Waals surface area contributed by atoms with Crippen molar-refractivity contribution in [3.05, 3.63) is 105 Å². The van der Waals surface area contributed by atoms with Crippen LogP contribution >= 0.6 is 23.5 Å². The van der Waals surface area contributed by atoms with Gasteiger partial charge in [0.1, 0.15) is 21.7 Å². The number of aromatic nitrogens is 9. The van der Waals surface area contributed by atoms with Crippen LogP contribution in [0.3, 0.4) is 0 Å². The number of azo groups is 2. The predicted molar refractivity (Wildman–Crippen MR) is 229 cm³/mol. The van der Waals surface area contributed by atoms with Crippen molar-refractivity contribution in [3.63, 3.8) is 0 Å². The summed E-state index contributed by atoms with van der Waals surface area (Å²) in [5, 5.41) is 92.3. The molecule has 2 aromatic carbocycles. The Morgan fingerprint density at radius 1 is 0.606 bits per heavy atom. The van der Waals surface area contributed by atoms with Gasteiger partial charge in [0.15, 0.2) is 46.3 Å². The van der Waals surface area contributed by atoms with Gasteiger partial charge in [-0.25, -0.2) is 19.2 Å². The Morgan fingerprint density at radius 2 is 0.986 bits per heavy atom. The number of carbonyl (C=O) groups excluding carboxylic acids is 4. The maximum Gasteiger partial charge on any atom is 1.00 e. The first-order chi connectivity index (χ1) is 31.9. The number of carboxylic acids is 4. The Labute approximate surface area is 457 Å². The molecule has 0 saturated heterocycles. The van der Waals surface area contributed by atoms with E-state index in [1.807, 2.05) is 6.07 Å². The van der Waals surface area contributed by atoms with E-state index in [9.17, 15) is 44.9 Å². The number of aryl methyl sites for hydroxylation is 3. The fourth-order valence-corrected chi connectivity index (χ4v) is 7.44. The zero-order valence-corrected chi connectivity index (χ0v) is 40.7. The number of hydrogen-bond acceptors (Lipinski definition) is 22. The van der Waals surface area contributed by atoms with Crippen molar-refractivity contribution in [2.24, 2.45) is 20.5 Å². The molecule has 0 saturated carbocycles. The second-order valence-electron chi connectivity index (χ2n) is 13.8. The maximum absolute atomic E-state index is 11.8. The third-order valence-electron chi connectivity index (χ3n) is 9.51. The molecule has 0 aliphatic heterocycles. The van der Waals surface area contributed by atoms with Crippen LogP contribution in [-0.4, -0.2) is 80.5 Å². The third kappa shape index (κ3) is 11.5.